The molecule has 0 fully saturated rings. The lowest BCUT2D eigenvalue weighted by atomic mass is 9.85. The average Bonchev–Trinajstić information content (AvgIpc) is 3.12. The van der Waals surface area contributed by atoms with Gasteiger partial charge in [-0.3, -0.25) is 0 Å². The Balaban J connectivity index is 1.72. The van der Waals surface area contributed by atoms with E-state index in [1.54, 1.807) is 18.9 Å². The third kappa shape index (κ3) is 4.00. The summed E-state index contributed by atoms with van der Waals surface area (Å²) < 4.78 is 5.31. The lowest BCUT2D eigenvalue weighted by Gasteiger charge is -2.22. The van der Waals surface area contributed by atoms with Crippen molar-refractivity contribution in [3.63, 3.8) is 0 Å². The molecule has 4 rings (SSSR count). The Morgan fingerprint density at radius 2 is 1.67 bits per heavy atom. The van der Waals surface area contributed by atoms with E-state index in [9.17, 15) is 5.11 Å². The summed E-state index contributed by atoms with van der Waals surface area (Å²) in [4.78, 5) is 3.68. The first-order valence-corrected chi connectivity index (χ1v) is 10.6. The second-order valence-corrected chi connectivity index (χ2v) is 9.50. The quantitative estimate of drug-likeness (QED) is 0.447. The predicted molar refractivity (Wildman–Crippen MR) is 121 cm³/mol. The van der Waals surface area contributed by atoms with E-state index < -0.39 is 0 Å². The molecule has 0 saturated carbocycles. The van der Waals surface area contributed by atoms with Gasteiger partial charge in [0.25, 0.3) is 0 Å². The molecule has 6 heteroatoms. The fourth-order valence-electron chi connectivity index (χ4n) is 3.35. The van der Waals surface area contributed by atoms with E-state index in [-0.39, 0.29) is 11.2 Å². The number of rotatable bonds is 4. The van der Waals surface area contributed by atoms with Gasteiger partial charge in [0.15, 0.2) is 0 Å². The first kappa shape index (κ1) is 20.3. The monoisotopic (exact) mass is 419 g/mol. The van der Waals surface area contributed by atoms with E-state index in [1.165, 1.54) is 4.80 Å². The van der Waals surface area contributed by atoms with Crippen LogP contribution in [0.4, 0.5) is 0 Å². The van der Waals surface area contributed by atoms with E-state index in [1.807, 2.05) is 61.5 Å². The highest BCUT2D eigenvalue weighted by atomic mass is 32.2. The fourth-order valence-corrected chi connectivity index (χ4v) is 4.25. The van der Waals surface area contributed by atoms with Gasteiger partial charge in [0, 0.05) is 15.4 Å². The van der Waals surface area contributed by atoms with Crippen LogP contribution in [0.15, 0.2) is 64.4 Å². The number of aryl methyl sites for hydroxylation is 1. The summed E-state index contributed by atoms with van der Waals surface area (Å²) in [6.07, 6.45) is 0. The third-order valence-electron chi connectivity index (χ3n) is 4.89. The summed E-state index contributed by atoms with van der Waals surface area (Å²) in [6.45, 7) is 8.27. The van der Waals surface area contributed by atoms with Gasteiger partial charge in [0.05, 0.1) is 7.11 Å². The summed E-state index contributed by atoms with van der Waals surface area (Å²) in [5, 5.41) is 20.2. The van der Waals surface area contributed by atoms with E-state index in [0.717, 1.165) is 37.7 Å². The Morgan fingerprint density at radius 3 is 2.40 bits per heavy atom. The molecule has 1 heterocycles. The Hall–Kier alpha value is -2.99. The van der Waals surface area contributed by atoms with Crippen molar-refractivity contribution in [3.05, 3.63) is 65.7 Å². The van der Waals surface area contributed by atoms with Crippen molar-refractivity contribution >= 4 is 22.8 Å². The minimum atomic E-state index is -0.183. The van der Waals surface area contributed by atoms with Crippen molar-refractivity contribution in [3.8, 4) is 17.2 Å². The fraction of sp³-hybridized carbons (Fsp3) is 0.250. The minimum Gasteiger partial charge on any atom is -0.505 e. The van der Waals surface area contributed by atoms with Crippen molar-refractivity contribution < 1.29 is 9.84 Å². The second-order valence-electron chi connectivity index (χ2n) is 8.35. The van der Waals surface area contributed by atoms with Gasteiger partial charge in [-0.2, -0.15) is 0 Å². The van der Waals surface area contributed by atoms with Gasteiger partial charge in [-0.1, -0.05) is 44.7 Å². The van der Waals surface area contributed by atoms with Gasteiger partial charge in [-0.25, -0.2) is 0 Å². The molecule has 0 bridgehead atoms. The molecule has 0 unspecified atom stereocenters. The number of phenolic OH excluding ortho intramolecular Hbond substituents is 1. The van der Waals surface area contributed by atoms with E-state index in [4.69, 9.17) is 4.74 Å². The molecule has 1 N–H and O–H groups in total. The van der Waals surface area contributed by atoms with Crippen LogP contribution < -0.4 is 4.74 Å². The molecule has 1 aromatic heterocycles. The van der Waals surface area contributed by atoms with Gasteiger partial charge in [-0.15, -0.1) is 15.0 Å². The molecule has 0 atom stereocenters. The smallest absolute Gasteiger partial charge is 0.146 e. The molecular weight excluding hydrogens is 394 g/mol. The second kappa shape index (κ2) is 7.69. The van der Waals surface area contributed by atoms with Crippen LogP contribution in [0.2, 0.25) is 0 Å². The van der Waals surface area contributed by atoms with Crippen molar-refractivity contribution in [2.75, 3.05) is 7.11 Å². The van der Waals surface area contributed by atoms with Crippen LogP contribution in [-0.4, -0.2) is 27.2 Å². The molecule has 0 aliphatic heterocycles. The molecule has 0 amide bonds. The molecule has 5 nitrogen and oxygen atoms in total. The van der Waals surface area contributed by atoms with E-state index >= 15 is 0 Å². The zero-order valence-corrected chi connectivity index (χ0v) is 18.6. The van der Waals surface area contributed by atoms with Crippen molar-refractivity contribution in [1.29, 1.82) is 0 Å². The summed E-state index contributed by atoms with van der Waals surface area (Å²) in [7, 11) is 1.67. The van der Waals surface area contributed by atoms with Crippen LogP contribution in [0.1, 0.15) is 31.9 Å². The van der Waals surface area contributed by atoms with Crippen molar-refractivity contribution in [2.45, 2.75) is 42.9 Å². The molecular formula is C24H25N3O2S. The molecule has 154 valence electrons. The molecule has 3 aromatic carbocycles. The Labute approximate surface area is 180 Å². The zero-order valence-electron chi connectivity index (χ0n) is 17.8. The number of fused-ring (bicyclic) bond motifs is 1. The summed E-state index contributed by atoms with van der Waals surface area (Å²) in [5.74, 6) is 1.05. The van der Waals surface area contributed by atoms with Gasteiger partial charge >= 0.3 is 0 Å². The van der Waals surface area contributed by atoms with Crippen LogP contribution in [-0.2, 0) is 5.41 Å². The largest absolute Gasteiger partial charge is 0.505 e. The number of aromatic hydroxyl groups is 1. The Morgan fingerprint density at radius 1 is 0.933 bits per heavy atom. The first-order chi connectivity index (χ1) is 14.2. The number of benzene rings is 3. The van der Waals surface area contributed by atoms with Crippen molar-refractivity contribution in [1.82, 2.24) is 15.0 Å². The van der Waals surface area contributed by atoms with Crippen LogP contribution in [0.25, 0.3) is 16.7 Å². The molecule has 0 aliphatic carbocycles. The summed E-state index contributed by atoms with van der Waals surface area (Å²) in [6, 6.07) is 17.9. The molecule has 4 aromatic rings. The van der Waals surface area contributed by atoms with Gasteiger partial charge < -0.3 is 9.84 Å². The standard InChI is InChI=1S/C24H25N3O2S/c1-15-11-19(24(2,3)4)23(28)22(12-15)27-25-20-10-9-18(14-21(20)26-27)30-17-8-6-7-16(13-17)29-5/h6-14,28H,1-5H3. The number of methoxy groups -OCH3 is 1. The molecule has 0 radical (unpaired) electrons. The maximum Gasteiger partial charge on any atom is 0.146 e. The average molecular weight is 420 g/mol. The number of hydrogen-bond donors (Lipinski definition) is 1. The number of hydrogen-bond acceptors (Lipinski definition) is 5. The number of phenols is 1. The van der Waals surface area contributed by atoms with Gasteiger partial charge in [-0.05, 0) is 60.4 Å². The highest BCUT2D eigenvalue weighted by Gasteiger charge is 2.22. The maximum absolute atomic E-state index is 10.9. The first-order valence-electron chi connectivity index (χ1n) is 9.78. The van der Waals surface area contributed by atoms with E-state index in [0.29, 0.717) is 5.69 Å². The number of aromatic nitrogens is 3. The third-order valence-corrected chi connectivity index (χ3v) is 5.87. The molecule has 0 spiro atoms. The highest BCUT2D eigenvalue weighted by molar-refractivity contribution is 7.99. The lowest BCUT2D eigenvalue weighted by molar-refractivity contribution is 0.413. The lowest BCUT2D eigenvalue weighted by Crippen LogP contribution is -2.13. The summed E-state index contributed by atoms with van der Waals surface area (Å²) in [5.41, 5.74) is 3.91. The Kier molecular flexibility index (Phi) is 5.20. The van der Waals surface area contributed by atoms with Crippen LogP contribution in [0.5, 0.6) is 11.5 Å². The predicted octanol–water partition coefficient (Wildman–Crippen LogP) is 5.89. The van der Waals surface area contributed by atoms with Crippen LogP contribution in [0.3, 0.4) is 0 Å². The Bertz CT molecular complexity index is 1230. The molecule has 0 aliphatic rings. The topological polar surface area (TPSA) is 60.2 Å². The normalized spacial score (nSPS) is 11.8. The van der Waals surface area contributed by atoms with Gasteiger partial charge in [0.2, 0.25) is 0 Å². The maximum atomic E-state index is 10.9. The van der Waals surface area contributed by atoms with Gasteiger partial charge in [0.1, 0.15) is 28.2 Å². The minimum absolute atomic E-state index is 0.183. The summed E-state index contributed by atoms with van der Waals surface area (Å²) >= 11 is 1.64. The zero-order chi connectivity index (χ0) is 21.5. The highest BCUT2D eigenvalue weighted by Crippen LogP contribution is 2.36. The van der Waals surface area contributed by atoms with Crippen LogP contribution in [0, 0.1) is 6.92 Å². The van der Waals surface area contributed by atoms with Crippen molar-refractivity contribution in [2.24, 2.45) is 0 Å². The number of ether oxygens (including phenoxy) is 1. The van der Waals surface area contributed by atoms with E-state index in [2.05, 4.69) is 31.0 Å². The number of nitrogens with zero attached hydrogens (tertiary/aromatic N) is 3. The molecule has 30 heavy (non-hydrogen) atoms. The SMILES string of the molecule is COc1cccc(Sc2ccc3nn(-c4cc(C)cc(C(C)(C)C)c4O)nc3c2)c1. The van der Waals surface area contributed by atoms with Crippen LogP contribution >= 0.6 is 11.8 Å². The molecule has 0 saturated heterocycles.